The van der Waals surface area contributed by atoms with Crippen LogP contribution in [0, 0.1) is 0 Å². The largest absolute Gasteiger partial charge is 0.486 e. The molecule has 0 fully saturated rings. The van der Waals surface area contributed by atoms with Crippen molar-refractivity contribution in [1.29, 1.82) is 0 Å². The van der Waals surface area contributed by atoms with Crippen LogP contribution in [0.2, 0.25) is 0 Å². The van der Waals surface area contributed by atoms with Crippen molar-refractivity contribution in [3.05, 3.63) is 47.3 Å². The van der Waals surface area contributed by atoms with Crippen molar-refractivity contribution in [1.82, 2.24) is 9.78 Å². The quantitative estimate of drug-likeness (QED) is 0.668. The van der Waals surface area contributed by atoms with Crippen LogP contribution in [0.25, 0.3) is 0 Å². The van der Waals surface area contributed by atoms with Gasteiger partial charge in [0, 0.05) is 13.2 Å². The number of para-hydroxylation sites is 1. The lowest BCUT2D eigenvalue weighted by Crippen LogP contribution is -2.00. The Morgan fingerprint density at radius 3 is 3.00 bits per heavy atom. The van der Waals surface area contributed by atoms with Crippen LogP contribution in [-0.4, -0.2) is 15.6 Å². The van der Waals surface area contributed by atoms with E-state index in [-0.39, 0.29) is 5.78 Å². The van der Waals surface area contributed by atoms with E-state index in [4.69, 9.17) is 4.74 Å². The van der Waals surface area contributed by atoms with Gasteiger partial charge in [0.1, 0.15) is 18.1 Å². The molecule has 0 aliphatic carbocycles. The molecule has 16 heavy (non-hydrogen) atoms. The molecule has 0 spiro atoms. The van der Waals surface area contributed by atoms with E-state index in [1.54, 1.807) is 30.1 Å². The summed E-state index contributed by atoms with van der Waals surface area (Å²) in [6, 6.07) is 7.27. The van der Waals surface area contributed by atoms with Gasteiger partial charge in [0.2, 0.25) is 0 Å². The molecule has 4 nitrogen and oxygen atoms in total. The highest BCUT2D eigenvalue weighted by molar-refractivity contribution is 6.11. The fourth-order valence-electron chi connectivity index (χ4n) is 1.90. The standard InChI is InChI=1S/C12H10N2O2/c1-14-6-9-10(13-14)7-16-11-5-3-2-4-8(11)12(9)15/h2-6H,7H2,1H3. The van der Waals surface area contributed by atoms with E-state index < -0.39 is 0 Å². The van der Waals surface area contributed by atoms with Crippen molar-refractivity contribution in [3.8, 4) is 5.75 Å². The maximum absolute atomic E-state index is 12.2. The predicted octanol–water partition coefficient (Wildman–Crippen LogP) is 1.54. The first kappa shape index (κ1) is 9.15. The second-order valence-corrected chi connectivity index (χ2v) is 3.78. The van der Waals surface area contributed by atoms with Gasteiger partial charge in [-0.15, -0.1) is 0 Å². The highest BCUT2D eigenvalue weighted by Crippen LogP contribution is 2.27. The van der Waals surface area contributed by atoms with E-state index in [0.717, 1.165) is 0 Å². The van der Waals surface area contributed by atoms with Crippen LogP contribution < -0.4 is 4.74 Å². The first-order valence-corrected chi connectivity index (χ1v) is 5.05. The Labute approximate surface area is 92.5 Å². The highest BCUT2D eigenvalue weighted by Gasteiger charge is 2.24. The van der Waals surface area contributed by atoms with Gasteiger partial charge in [0.25, 0.3) is 0 Å². The molecule has 0 bridgehead atoms. The van der Waals surface area contributed by atoms with E-state index >= 15 is 0 Å². The summed E-state index contributed by atoms with van der Waals surface area (Å²) in [6.07, 6.45) is 1.74. The number of rotatable bonds is 0. The summed E-state index contributed by atoms with van der Waals surface area (Å²) >= 11 is 0. The number of hydrogen-bond acceptors (Lipinski definition) is 3. The summed E-state index contributed by atoms with van der Waals surface area (Å²) < 4.78 is 7.20. The second kappa shape index (κ2) is 3.20. The normalized spacial score (nSPS) is 13.7. The van der Waals surface area contributed by atoms with E-state index in [1.807, 2.05) is 12.1 Å². The maximum atomic E-state index is 12.2. The number of aromatic nitrogens is 2. The zero-order valence-electron chi connectivity index (χ0n) is 8.80. The summed E-state index contributed by atoms with van der Waals surface area (Å²) in [5.74, 6) is 0.615. The molecule has 80 valence electrons. The van der Waals surface area contributed by atoms with Crippen molar-refractivity contribution < 1.29 is 9.53 Å². The third-order valence-corrected chi connectivity index (χ3v) is 2.65. The summed E-state index contributed by atoms with van der Waals surface area (Å²) in [5.41, 5.74) is 1.94. The average Bonchev–Trinajstić information content (AvgIpc) is 2.62. The molecule has 2 aromatic rings. The molecule has 0 N–H and O–H groups in total. The minimum absolute atomic E-state index is 0.0174. The Morgan fingerprint density at radius 1 is 1.31 bits per heavy atom. The van der Waals surface area contributed by atoms with E-state index in [2.05, 4.69) is 5.10 Å². The maximum Gasteiger partial charge on any atom is 0.200 e. The Bertz CT molecular complexity index is 572. The first-order chi connectivity index (χ1) is 7.75. The Hall–Kier alpha value is -2.10. The minimum Gasteiger partial charge on any atom is -0.486 e. The number of nitrogens with zero attached hydrogens (tertiary/aromatic N) is 2. The monoisotopic (exact) mass is 214 g/mol. The number of ether oxygens (including phenoxy) is 1. The minimum atomic E-state index is -0.0174. The second-order valence-electron chi connectivity index (χ2n) is 3.78. The SMILES string of the molecule is Cn1cc2c(n1)COc1ccccc1C2=O. The van der Waals surface area contributed by atoms with Crippen LogP contribution in [0.5, 0.6) is 5.75 Å². The number of hydrogen-bond donors (Lipinski definition) is 0. The van der Waals surface area contributed by atoms with Gasteiger partial charge in [-0.05, 0) is 12.1 Å². The Balaban J connectivity index is 2.21. The van der Waals surface area contributed by atoms with Crippen LogP contribution in [0.15, 0.2) is 30.5 Å². The van der Waals surface area contributed by atoms with E-state index in [0.29, 0.717) is 29.2 Å². The molecule has 3 rings (SSSR count). The van der Waals surface area contributed by atoms with Crippen LogP contribution >= 0.6 is 0 Å². The van der Waals surface area contributed by atoms with Gasteiger partial charge in [-0.25, -0.2) is 0 Å². The lowest BCUT2D eigenvalue weighted by atomic mass is 10.0. The topological polar surface area (TPSA) is 44.1 Å². The zero-order valence-corrected chi connectivity index (χ0v) is 8.80. The molecule has 0 radical (unpaired) electrons. The van der Waals surface area contributed by atoms with Crippen LogP contribution in [0.3, 0.4) is 0 Å². The number of carbonyl (C=O) groups excluding carboxylic acids is 1. The molecule has 1 aromatic heterocycles. The van der Waals surface area contributed by atoms with Gasteiger partial charge in [-0.1, -0.05) is 12.1 Å². The number of carbonyl (C=O) groups is 1. The molecule has 0 unspecified atom stereocenters. The Morgan fingerprint density at radius 2 is 2.12 bits per heavy atom. The van der Waals surface area contributed by atoms with Crippen molar-refractivity contribution in [3.63, 3.8) is 0 Å². The van der Waals surface area contributed by atoms with E-state index in [9.17, 15) is 4.79 Å². The number of benzene rings is 1. The molecule has 1 aliphatic heterocycles. The van der Waals surface area contributed by atoms with E-state index in [1.165, 1.54) is 0 Å². The van der Waals surface area contributed by atoms with Gasteiger partial charge in [-0.3, -0.25) is 9.48 Å². The fraction of sp³-hybridized carbons (Fsp3) is 0.167. The first-order valence-electron chi connectivity index (χ1n) is 5.05. The van der Waals surface area contributed by atoms with Crippen LogP contribution in [-0.2, 0) is 13.7 Å². The Kier molecular flexibility index (Phi) is 1.83. The van der Waals surface area contributed by atoms with Crippen molar-refractivity contribution in [2.24, 2.45) is 7.05 Å². The molecule has 0 atom stereocenters. The molecule has 1 aliphatic rings. The van der Waals surface area contributed by atoms with Crippen molar-refractivity contribution in [2.45, 2.75) is 6.61 Å². The lowest BCUT2D eigenvalue weighted by molar-refractivity contribution is 0.103. The predicted molar refractivity (Wildman–Crippen MR) is 57.4 cm³/mol. The lowest BCUT2D eigenvalue weighted by Gasteiger charge is -2.04. The van der Waals surface area contributed by atoms with Crippen molar-refractivity contribution in [2.75, 3.05) is 0 Å². The number of aryl methyl sites for hydroxylation is 1. The summed E-state index contributed by atoms with van der Waals surface area (Å²) in [6.45, 7) is 0.346. The van der Waals surface area contributed by atoms with Gasteiger partial charge in [0.05, 0.1) is 11.1 Å². The summed E-state index contributed by atoms with van der Waals surface area (Å²) in [4.78, 5) is 12.2. The molecular weight excluding hydrogens is 204 g/mol. The van der Waals surface area contributed by atoms with Gasteiger partial charge in [-0.2, -0.15) is 5.10 Å². The molecular formula is C12H10N2O2. The van der Waals surface area contributed by atoms with Crippen molar-refractivity contribution >= 4 is 5.78 Å². The third kappa shape index (κ3) is 1.23. The fourth-order valence-corrected chi connectivity index (χ4v) is 1.90. The van der Waals surface area contributed by atoms with Crippen LogP contribution in [0.4, 0.5) is 0 Å². The summed E-state index contributed by atoms with van der Waals surface area (Å²) in [5, 5.41) is 4.22. The van der Waals surface area contributed by atoms with Gasteiger partial charge < -0.3 is 4.74 Å². The molecule has 1 aromatic carbocycles. The summed E-state index contributed by atoms with van der Waals surface area (Å²) in [7, 11) is 1.80. The van der Waals surface area contributed by atoms with Gasteiger partial charge in [0.15, 0.2) is 5.78 Å². The molecule has 2 heterocycles. The van der Waals surface area contributed by atoms with Crippen LogP contribution in [0.1, 0.15) is 21.6 Å². The highest BCUT2D eigenvalue weighted by atomic mass is 16.5. The third-order valence-electron chi connectivity index (χ3n) is 2.65. The zero-order chi connectivity index (χ0) is 11.1. The molecule has 0 amide bonds. The smallest absolute Gasteiger partial charge is 0.200 e. The average molecular weight is 214 g/mol. The number of ketones is 1. The van der Waals surface area contributed by atoms with Gasteiger partial charge >= 0.3 is 0 Å². The number of fused-ring (bicyclic) bond motifs is 2. The molecule has 0 saturated heterocycles. The molecule has 4 heteroatoms. The molecule has 0 saturated carbocycles.